The standard InChI is InChI=1S/C20H23N3O2S2/c1-12-17-13(2)21-14(3)22-19(17)27-18(12)20(24)23(10-15-6-4-8-25-15)11-16-7-5-9-26-16/h5,7,9,15H,4,6,8,10-11H2,1-3H3. The van der Waals surface area contributed by atoms with Crippen molar-refractivity contribution in [2.24, 2.45) is 0 Å². The highest BCUT2D eigenvalue weighted by atomic mass is 32.1. The number of thiophene rings is 2. The van der Waals surface area contributed by atoms with Crippen LogP contribution in [0.15, 0.2) is 17.5 Å². The Hall–Kier alpha value is -1.83. The highest BCUT2D eigenvalue weighted by Gasteiger charge is 2.27. The van der Waals surface area contributed by atoms with E-state index in [2.05, 4.69) is 21.4 Å². The molecule has 3 aromatic heterocycles. The Bertz CT molecular complexity index is 959. The number of fused-ring (bicyclic) bond motifs is 1. The molecule has 27 heavy (non-hydrogen) atoms. The summed E-state index contributed by atoms with van der Waals surface area (Å²) in [4.78, 5) is 27.3. The van der Waals surface area contributed by atoms with Crippen LogP contribution in [0.25, 0.3) is 10.2 Å². The molecule has 1 atom stereocenters. The Labute approximate surface area is 167 Å². The molecular formula is C20H23N3O2S2. The topological polar surface area (TPSA) is 55.3 Å². The quantitative estimate of drug-likeness (QED) is 0.632. The van der Waals surface area contributed by atoms with Crippen molar-refractivity contribution < 1.29 is 9.53 Å². The minimum Gasteiger partial charge on any atom is -0.376 e. The molecule has 4 rings (SSSR count). The average molecular weight is 402 g/mol. The van der Waals surface area contributed by atoms with Crippen LogP contribution in [-0.4, -0.2) is 40.0 Å². The Morgan fingerprint density at radius 1 is 1.33 bits per heavy atom. The Morgan fingerprint density at radius 2 is 2.19 bits per heavy atom. The molecule has 0 bridgehead atoms. The second kappa shape index (κ2) is 7.66. The highest BCUT2D eigenvalue weighted by molar-refractivity contribution is 7.20. The summed E-state index contributed by atoms with van der Waals surface area (Å²) in [5.74, 6) is 0.812. The SMILES string of the molecule is Cc1nc(C)c2c(C)c(C(=O)N(Cc3cccs3)CC3CCCO3)sc2n1. The zero-order chi connectivity index (χ0) is 19.0. The molecule has 0 saturated carbocycles. The number of aromatic nitrogens is 2. The number of amides is 1. The van der Waals surface area contributed by atoms with Gasteiger partial charge in [-0.25, -0.2) is 9.97 Å². The van der Waals surface area contributed by atoms with Crippen LogP contribution in [0.4, 0.5) is 0 Å². The zero-order valence-corrected chi connectivity index (χ0v) is 17.5. The van der Waals surface area contributed by atoms with E-state index in [1.165, 1.54) is 16.2 Å². The maximum Gasteiger partial charge on any atom is 0.264 e. The van der Waals surface area contributed by atoms with Crippen molar-refractivity contribution in [1.82, 2.24) is 14.9 Å². The van der Waals surface area contributed by atoms with E-state index in [0.29, 0.717) is 13.1 Å². The van der Waals surface area contributed by atoms with Crippen LogP contribution in [0.5, 0.6) is 0 Å². The minimum atomic E-state index is 0.0662. The third-order valence-electron chi connectivity index (χ3n) is 4.94. The Kier molecular flexibility index (Phi) is 5.25. The number of carbonyl (C=O) groups excluding carboxylic acids is 1. The summed E-state index contributed by atoms with van der Waals surface area (Å²) in [6, 6.07) is 4.11. The summed E-state index contributed by atoms with van der Waals surface area (Å²) in [6.07, 6.45) is 2.22. The minimum absolute atomic E-state index is 0.0662. The van der Waals surface area contributed by atoms with Crippen molar-refractivity contribution in [2.75, 3.05) is 13.2 Å². The van der Waals surface area contributed by atoms with Gasteiger partial charge in [-0.1, -0.05) is 6.07 Å². The number of hydrogen-bond donors (Lipinski definition) is 0. The molecule has 4 heterocycles. The summed E-state index contributed by atoms with van der Waals surface area (Å²) in [7, 11) is 0. The van der Waals surface area contributed by atoms with Crippen molar-refractivity contribution in [3.8, 4) is 0 Å². The third kappa shape index (κ3) is 3.77. The molecule has 1 aliphatic rings. The third-order valence-corrected chi connectivity index (χ3v) is 6.97. The molecule has 0 aromatic carbocycles. The molecule has 0 aliphatic carbocycles. The first-order valence-electron chi connectivity index (χ1n) is 9.20. The van der Waals surface area contributed by atoms with E-state index in [0.717, 1.165) is 51.6 Å². The predicted molar refractivity (Wildman–Crippen MR) is 110 cm³/mol. The summed E-state index contributed by atoms with van der Waals surface area (Å²) in [6.45, 7) is 7.93. The molecule has 5 nitrogen and oxygen atoms in total. The number of rotatable bonds is 5. The van der Waals surface area contributed by atoms with E-state index < -0.39 is 0 Å². The first-order chi connectivity index (χ1) is 13.0. The molecular weight excluding hydrogens is 378 g/mol. The van der Waals surface area contributed by atoms with Crippen LogP contribution in [0, 0.1) is 20.8 Å². The van der Waals surface area contributed by atoms with Gasteiger partial charge >= 0.3 is 0 Å². The van der Waals surface area contributed by atoms with Gasteiger partial charge in [0.05, 0.1) is 17.5 Å². The van der Waals surface area contributed by atoms with Crippen molar-refractivity contribution in [3.63, 3.8) is 0 Å². The molecule has 142 valence electrons. The van der Waals surface area contributed by atoms with Gasteiger partial charge in [0.1, 0.15) is 10.7 Å². The average Bonchev–Trinajstić information content (AvgIpc) is 3.36. The lowest BCUT2D eigenvalue weighted by Crippen LogP contribution is -2.36. The van der Waals surface area contributed by atoms with Gasteiger partial charge in [-0.15, -0.1) is 22.7 Å². The smallest absolute Gasteiger partial charge is 0.264 e. The molecule has 3 aromatic rings. The van der Waals surface area contributed by atoms with Gasteiger partial charge in [-0.05, 0) is 50.6 Å². The van der Waals surface area contributed by atoms with Crippen molar-refractivity contribution >= 4 is 38.8 Å². The van der Waals surface area contributed by atoms with Gasteiger partial charge in [0.15, 0.2) is 0 Å². The number of hydrogen-bond acceptors (Lipinski definition) is 6. The van der Waals surface area contributed by atoms with Gasteiger partial charge < -0.3 is 9.64 Å². The lowest BCUT2D eigenvalue weighted by molar-refractivity contribution is 0.0513. The molecule has 7 heteroatoms. The maximum atomic E-state index is 13.5. The fourth-order valence-corrected chi connectivity index (χ4v) is 5.63. The second-order valence-electron chi connectivity index (χ2n) is 6.99. The summed E-state index contributed by atoms with van der Waals surface area (Å²) >= 11 is 3.16. The Balaban J connectivity index is 1.68. The molecule has 0 radical (unpaired) electrons. The van der Waals surface area contributed by atoms with Gasteiger partial charge in [0, 0.05) is 29.1 Å². The van der Waals surface area contributed by atoms with E-state index in [-0.39, 0.29) is 12.0 Å². The van der Waals surface area contributed by atoms with Crippen molar-refractivity contribution in [2.45, 2.75) is 46.3 Å². The maximum absolute atomic E-state index is 13.5. The van der Waals surface area contributed by atoms with E-state index in [1.807, 2.05) is 31.7 Å². The zero-order valence-electron chi connectivity index (χ0n) is 15.8. The molecule has 1 unspecified atom stereocenters. The van der Waals surface area contributed by atoms with Crippen LogP contribution < -0.4 is 0 Å². The molecule has 1 saturated heterocycles. The molecule has 0 spiro atoms. The van der Waals surface area contributed by atoms with Gasteiger partial charge in [0.2, 0.25) is 0 Å². The van der Waals surface area contributed by atoms with Crippen LogP contribution in [-0.2, 0) is 11.3 Å². The largest absolute Gasteiger partial charge is 0.376 e. The number of ether oxygens (including phenoxy) is 1. The predicted octanol–water partition coefficient (Wildman–Crippen LogP) is 4.50. The fourth-order valence-electron chi connectivity index (χ4n) is 3.67. The van der Waals surface area contributed by atoms with Gasteiger partial charge in [-0.2, -0.15) is 0 Å². The second-order valence-corrected chi connectivity index (χ2v) is 9.02. The summed E-state index contributed by atoms with van der Waals surface area (Å²) in [5, 5.41) is 3.07. The summed E-state index contributed by atoms with van der Waals surface area (Å²) in [5.41, 5.74) is 1.93. The van der Waals surface area contributed by atoms with Crippen molar-refractivity contribution in [1.29, 1.82) is 0 Å². The number of nitrogens with zero attached hydrogens (tertiary/aromatic N) is 3. The first kappa shape index (κ1) is 18.5. The van der Waals surface area contributed by atoms with E-state index in [9.17, 15) is 4.79 Å². The Morgan fingerprint density at radius 3 is 2.89 bits per heavy atom. The van der Waals surface area contributed by atoms with Gasteiger partial charge in [0.25, 0.3) is 5.91 Å². The lowest BCUT2D eigenvalue weighted by atomic mass is 10.1. The number of carbonyl (C=O) groups is 1. The molecule has 1 amide bonds. The first-order valence-corrected chi connectivity index (χ1v) is 10.9. The molecule has 1 fully saturated rings. The normalized spacial score (nSPS) is 16.9. The summed E-state index contributed by atoms with van der Waals surface area (Å²) < 4.78 is 5.80. The van der Waals surface area contributed by atoms with E-state index in [4.69, 9.17) is 4.74 Å². The van der Waals surface area contributed by atoms with Crippen LogP contribution in [0.1, 0.15) is 44.5 Å². The monoisotopic (exact) mass is 401 g/mol. The highest BCUT2D eigenvalue weighted by Crippen LogP contribution is 2.33. The van der Waals surface area contributed by atoms with Crippen LogP contribution in [0.2, 0.25) is 0 Å². The molecule has 1 aliphatic heterocycles. The fraction of sp³-hybridized carbons (Fsp3) is 0.450. The van der Waals surface area contributed by atoms with Gasteiger partial charge in [-0.3, -0.25) is 4.79 Å². The van der Waals surface area contributed by atoms with Crippen LogP contribution >= 0.6 is 22.7 Å². The van der Waals surface area contributed by atoms with E-state index in [1.54, 1.807) is 11.3 Å². The van der Waals surface area contributed by atoms with E-state index >= 15 is 0 Å². The van der Waals surface area contributed by atoms with Crippen LogP contribution in [0.3, 0.4) is 0 Å². The lowest BCUT2D eigenvalue weighted by Gasteiger charge is -2.25. The number of aryl methyl sites for hydroxylation is 3. The van der Waals surface area contributed by atoms with Crippen molar-refractivity contribution in [3.05, 3.63) is 44.3 Å². The molecule has 0 N–H and O–H groups in total.